The zero-order valence-corrected chi connectivity index (χ0v) is 33.2. The Kier molecular flexibility index (Phi) is 8.57. The number of hydrogen-bond donors (Lipinski definition) is 0. The highest BCUT2D eigenvalue weighted by Gasteiger charge is 2.16. The molecule has 0 aliphatic heterocycles. The molecule has 280 valence electrons. The number of rotatable bonds is 8. The zero-order valence-electron chi connectivity index (χ0n) is 32.4. The van der Waals surface area contributed by atoms with E-state index in [0.717, 1.165) is 28.5 Å². The minimum Gasteiger partial charge on any atom is -0.497 e. The molecule has 11 aromatic rings. The lowest BCUT2D eigenvalue weighted by atomic mass is 10.0. The second-order valence-corrected chi connectivity index (χ2v) is 16.0. The lowest BCUT2D eigenvalue weighted by molar-refractivity contribution is 0.415. The Labute approximate surface area is 347 Å². The van der Waals surface area contributed by atoms with Gasteiger partial charge >= 0.3 is 0 Å². The number of benzene rings is 9. The Morgan fingerprint density at radius 3 is 1.49 bits per heavy atom. The summed E-state index contributed by atoms with van der Waals surface area (Å²) >= 11 is 1.86. The maximum Gasteiger partial charge on any atom is 0.119 e. The van der Waals surface area contributed by atoms with E-state index in [0.29, 0.717) is 0 Å². The Morgan fingerprint density at radius 2 is 0.847 bits per heavy atom. The molecule has 2 aromatic heterocycles. The van der Waals surface area contributed by atoms with Crippen molar-refractivity contribution in [3.63, 3.8) is 0 Å². The number of thiophene rings is 1. The van der Waals surface area contributed by atoms with Gasteiger partial charge in [0.1, 0.15) is 5.75 Å². The molecule has 0 fully saturated rings. The van der Waals surface area contributed by atoms with Gasteiger partial charge in [-0.2, -0.15) is 0 Å². The number of fused-ring (bicyclic) bond motifs is 6. The zero-order chi connectivity index (χ0) is 39.3. The van der Waals surface area contributed by atoms with Gasteiger partial charge in [0.2, 0.25) is 0 Å². The van der Waals surface area contributed by atoms with Gasteiger partial charge in [0.15, 0.2) is 0 Å². The van der Waals surface area contributed by atoms with Crippen LogP contribution in [0.25, 0.3) is 81.0 Å². The first kappa shape index (κ1) is 34.8. The number of ether oxygens (including phenoxy) is 1. The van der Waals surface area contributed by atoms with Gasteiger partial charge in [-0.15, -0.1) is 11.3 Å². The van der Waals surface area contributed by atoms with Crippen molar-refractivity contribution in [1.29, 1.82) is 0 Å². The van der Waals surface area contributed by atoms with E-state index in [2.05, 4.69) is 210 Å². The topological polar surface area (TPSA) is 17.4 Å². The molecule has 0 saturated carbocycles. The predicted octanol–water partition coefficient (Wildman–Crippen LogP) is 15.6. The third-order valence-corrected chi connectivity index (χ3v) is 12.7. The van der Waals surface area contributed by atoms with Crippen molar-refractivity contribution in [3.8, 4) is 44.8 Å². The van der Waals surface area contributed by atoms with Crippen LogP contribution in [0.15, 0.2) is 212 Å². The fourth-order valence-electron chi connectivity index (χ4n) is 8.55. The van der Waals surface area contributed by atoms with Crippen LogP contribution in [-0.2, 0) is 0 Å². The molecule has 0 unspecified atom stereocenters. The normalized spacial score (nSPS) is 11.5. The molecule has 0 spiro atoms. The van der Waals surface area contributed by atoms with Crippen molar-refractivity contribution < 1.29 is 4.74 Å². The van der Waals surface area contributed by atoms with Crippen molar-refractivity contribution >= 4 is 70.4 Å². The molecular weight excluding hydrogens is 737 g/mol. The Morgan fingerprint density at radius 1 is 0.373 bits per heavy atom. The Hall–Kier alpha value is -7.40. The smallest absolute Gasteiger partial charge is 0.119 e. The van der Waals surface area contributed by atoms with Crippen LogP contribution in [0.4, 0.5) is 17.1 Å². The van der Waals surface area contributed by atoms with Crippen LogP contribution in [0.2, 0.25) is 0 Å². The molecule has 0 atom stereocenters. The number of nitrogens with zero attached hydrogens (tertiary/aromatic N) is 2. The van der Waals surface area contributed by atoms with Crippen molar-refractivity contribution in [1.82, 2.24) is 4.57 Å². The summed E-state index contributed by atoms with van der Waals surface area (Å²) in [6.07, 6.45) is 0. The summed E-state index contributed by atoms with van der Waals surface area (Å²) in [5, 5.41) is 5.09. The summed E-state index contributed by atoms with van der Waals surface area (Å²) in [7, 11) is 1.70. The fourth-order valence-corrected chi connectivity index (χ4v) is 9.64. The average molecular weight is 775 g/mol. The molecule has 0 amide bonds. The van der Waals surface area contributed by atoms with Crippen molar-refractivity contribution in [2.24, 2.45) is 0 Å². The molecule has 59 heavy (non-hydrogen) atoms. The summed E-state index contributed by atoms with van der Waals surface area (Å²) in [6, 6.07) is 76.8. The molecule has 3 nitrogen and oxygen atoms in total. The molecule has 0 radical (unpaired) electrons. The first-order chi connectivity index (χ1) is 29.2. The molecule has 0 N–H and O–H groups in total. The van der Waals surface area contributed by atoms with E-state index in [1.54, 1.807) is 7.11 Å². The summed E-state index contributed by atoms with van der Waals surface area (Å²) < 4.78 is 10.4. The highest BCUT2D eigenvalue weighted by molar-refractivity contribution is 7.25. The van der Waals surface area contributed by atoms with Crippen molar-refractivity contribution in [2.75, 3.05) is 12.0 Å². The predicted molar refractivity (Wildman–Crippen MR) is 251 cm³/mol. The summed E-state index contributed by atoms with van der Waals surface area (Å²) in [5.41, 5.74) is 13.9. The maximum atomic E-state index is 5.45. The number of para-hydroxylation sites is 1. The highest BCUT2D eigenvalue weighted by atomic mass is 32.1. The minimum absolute atomic E-state index is 0.848. The van der Waals surface area contributed by atoms with E-state index in [1.807, 2.05) is 23.5 Å². The second kappa shape index (κ2) is 14.5. The van der Waals surface area contributed by atoms with E-state index in [4.69, 9.17) is 4.74 Å². The van der Waals surface area contributed by atoms with Crippen LogP contribution < -0.4 is 9.64 Å². The van der Waals surface area contributed by atoms with Crippen LogP contribution >= 0.6 is 11.3 Å². The average Bonchev–Trinajstić information content (AvgIpc) is 3.85. The number of methoxy groups -OCH3 is 1. The van der Waals surface area contributed by atoms with E-state index in [1.165, 1.54) is 75.4 Å². The first-order valence-corrected chi connectivity index (χ1v) is 20.8. The molecule has 0 bridgehead atoms. The monoisotopic (exact) mass is 774 g/mol. The summed E-state index contributed by atoms with van der Waals surface area (Å²) in [6.45, 7) is 0. The molecule has 0 saturated heterocycles. The van der Waals surface area contributed by atoms with E-state index in [-0.39, 0.29) is 0 Å². The molecule has 9 aromatic carbocycles. The number of aromatic nitrogens is 1. The standard InChI is InChI=1S/C55H38N2OS/c1-58-47-31-29-46(30-32-47)57-52-13-7-5-11-48(52)50-35-41(21-33-53(50)57)39-17-25-44(26-18-39)56(43-23-15-38(16-24-43)37-9-3-2-4-10-37)45-27-19-40(20-28-45)42-22-34-55-51(36-42)49-12-6-8-14-54(49)59-55/h2-36H,1H3. The van der Waals surface area contributed by atoms with Gasteiger partial charge in [0.25, 0.3) is 0 Å². The van der Waals surface area contributed by atoms with Crippen molar-refractivity contribution in [3.05, 3.63) is 212 Å². The van der Waals surface area contributed by atoms with Gasteiger partial charge in [-0.25, -0.2) is 0 Å². The minimum atomic E-state index is 0.848. The lowest BCUT2D eigenvalue weighted by Gasteiger charge is -2.26. The molecule has 0 aliphatic carbocycles. The van der Waals surface area contributed by atoms with Crippen LogP contribution in [0, 0.1) is 0 Å². The molecular formula is C55H38N2OS. The number of hydrogen-bond acceptors (Lipinski definition) is 3. The van der Waals surface area contributed by atoms with Gasteiger partial charge in [-0.05, 0) is 130 Å². The first-order valence-electron chi connectivity index (χ1n) is 19.9. The van der Waals surface area contributed by atoms with Gasteiger partial charge < -0.3 is 14.2 Å². The molecule has 11 rings (SSSR count). The van der Waals surface area contributed by atoms with Gasteiger partial charge in [0.05, 0.1) is 18.1 Å². The Bertz CT molecular complexity index is 3270. The molecule has 2 heterocycles. The fraction of sp³-hybridized carbons (Fsp3) is 0.0182. The van der Waals surface area contributed by atoms with Crippen LogP contribution in [-0.4, -0.2) is 11.7 Å². The van der Waals surface area contributed by atoms with E-state index >= 15 is 0 Å². The van der Waals surface area contributed by atoms with Crippen LogP contribution in [0.3, 0.4) is 0 Å². The SMILES string of the molecule is COc1ccc(-n2c3ccccc3c3cc(-c4ccc(N(c5ccc(-c6ccccc6)cc5)c5ccc(-c6ccc7sc8ccccc8c7c6)cc5)cc4)ccc32)cc1. The van der Waals surface area contributed by atoms with E-state index < -0.39 is 0 Å². The van der Waals surface area contributed by atoms with Gasteiger partial charge in [0, 0.05) is 53.7 Å². The number of anilines is 3. The summed E-state index contributed by atoms with van der Waals surface area (Å²) in [5.74, 6) is 0.848. The lowest BCUT2D eigenvalue weighted by Crippen LogP contribution is -2.09. The third kappa shape index (κ3) is 6.22. The maximum absolute atomic E-state index is 5.45. The largest absolute Gasteiger partial charge is 0.497 e. The van der Waals surface area contributed by atoms with Crippen LogP contribution in [0.5, 0.6) is 5.75 Å². The third-order valence-electron chi connectivity index (χ3n) is 11.5. The Balaban J connectivity index is 0.963. The van der Waals surface area contributed by atoms with Crippen LogP contribution in [0.1, 0.15) is 0 Å². The summed E-state index contributed by atoms with van der Waals surface area (Å²) in [4.78, 5) is 2.35. The van der Waals surface area contributed by atoms with Gasteiger partial charge in [-0.3, -0.25) is 0 Å². The van der Waals surface area contributed by atoms with Crippen molar-refractivity contribution in [2.45, 2.75) is 0 Å². The molecule has 4 heteroatoms. The quantitative estimate of drug-likeness (QED) is 0.153. The molecule has 0 aliphatic rings. The second-order valence-electron chi connectivity index (χ2n) is 14.9. The highest BCUT2D eigenvalue weighted by Crippen LogP contribution is 2.41. The van der Waals surface area contributed by atoms with E-state index in [9.17, 15) is 0 Å². The van der Waals surface area contributed by atoms with Gasteiger partial charge in [-0.1, -0.05) is 115 Å².